The molecule has 108 valence electrons. The van der Waals surface area contributed by atoms with Gasteiger partial charge in [0.25, 0.3) is 10.0 Å². The number of benzene rings is 1. The zero-order valence-electron chi connectivity index (χ0n) is 11.4. The lowest BCUT2D eigenvalue weighted by molar-refractivity contribution is 0.473. The first kappa shape index (κ1) is 15.0. The molecule has 0 saturated carbocycles. The molecule has 0 amide bonds. The van der Waals surface area contributed by atoms with E-state index in [9.17, 15) is 8.42 Å². The number of likely N-dealkylation sites (N-methyl/N-ethyl adjacent to an activating group) is 1. The van der Waals surface area contributed by atoms with Crippen LogP contribution in [-0.4, -0.2) is 31.3 Å². The number of rotatable bonds is 5. The zero-order chi connectivity index (χ0) is 14.8. The van der Waals surface area contributed by atoms with Gasteiger partial charge in [0.05, 0.1) is 5.69 Å². The Hall–Kier alpha value is -1.44. The normalized spacial score (nSPS) is 11.9. The minimum absolute atomic E-state index is 0.227. The topological polar surface area (TPSA) is 76.3 Å². The van der Waals surface area contributed by atoms with Crippen LogP contribution in [0.2, 0.25) is 0 Å². The van der Waals surface area contributed by atoms with Gasteiger partial charge < -0.3 is 5.73 Å². The molecule has 0 spiro atoms. The van der Waals surface area contributed by atoms with Gasteiger partial charge in [-0.05, 0) is 18.9 Å². The molecule has 1 aromatic carbocycles. The van der Waals surface area contributed by atoms with E-state index in [4.69, 9.17) is 5.73 Å². The van der Waals surface area contributed by atoms with Crippen molar-refractivity contribution in [1.82, 2.24) is 9.29 Å². The summed E-state index contributed by atoms with van der Waals surface area (Å²) in [5, 5.41) is 0.275. The fourth-order valence-electron chi connectivity index (χ4n) is 1.83. The van der Waals surface area contributed by atoms with Gasteiger partial charge in [0.15, 0.2) is 9.34 Å². The monoisotopic (exact) mass is 311 g/mol. The largest absolute Gasteiger partial charge is 0.375 e. The second-order valence-electron chi connectivity index (χ2n) is 4.49. The molecule has 0 fully saturated rings. The summed E-state index contributed by atoms with van der Waals surface area (Å²) in [5.41, 5.74) is 7.13. The van der Waals surface area contributed by atoms with E-state index >= 15 is 0 Å². The molecule has 7 heteroatoms. The Morgan fingerprint density at radius 3 is 2.50 bits per heavy atom. The van der Waals surface area contributed by atoms with Crippen LogP contribution < -0.4 is 5.73 Å². The number of nitrogen functional groups attached to an aromatic ring is 1. The molecule has 2 N–H and O–H groups in total. The molecular formula is C13H17N3O2S2. The van der Waals surface area contributed by atoms with E-state index in [1.165, 1.54) is 4.31 Å². The summed E-state index contributed by atoms with van der Waals surface area (Å²) in [6, 6.07) is 9.79. The molecular weight excluding hydrogens is 294 g/mol. The molecule has 2 rings (SSSR count). The third-order valence-corrected chi connectivity index (χ3v) is 6.40. The summed E-state index contributed by atoms with van der Waals surface area (Å²) in [4.78, 5) is 3.97. The van der Waals surface area contributed by atoms with Crippen molar-refractivity contribution in [3.05, 3.63) is 41.6 Å². The molecule has 20 heavy (non-hydrogen) atoms. The summed E-state index contributed by atoms with van der Waals surface area (Å²) in [5.74, 6) is 0. The Balaban J connectivity index is 2.12. The average molecular weight is 311 g/mol. The van der Waals surface area contributed by atoms with Gasteiger partial charge in [0.2, 0.25) is 0 Å². The van der Waals surface area contributed by atoms with Gasteiger partial charge >= 0.3 is 0 Å². The van der Waals surface area contributed by atoms with Gasteiger partial charge in [-0.25, -0.2) is 13.4 Å². The SMILES string of the molecule is Cc1nc(N)sc1S(=O)(=O)N(C)CCc1ccccc1. The molecule has 0 bridgehead atoms. The van der Waals surface area contributed by atoms with Gasteiger partial charge in [-0.3, -0.25) is 0 Å². The van der Waals surface area contributed by atoms with E-state index in [1.54, 1.807) is 14.0 Å². The minimum atomic E-state index is -3.51. The average Bonchev–Trinajstić information content (AvgIpc) is 2.77. The number of hydrogen-bond acceptors (Lipinski definition) is 5. The molecule has 2 aromatic rings. The molecule has 1 heterocycles. The Morgan fingerprint density at radius 2 is 1.95 bits per heavy atom. The van der Waals surface area contributed by atoms with Crippen LogP contribution in [0.1, 0.15) is 11.3 Å². The second-order valence-corrected chi connectivity index (χ2v) is 7.76. The fourth-order valence-corrected chi connectivity index (χ4v) is 4.49. The fraction of sp³-hybridized carbons (Fsp3) is 0.308. The van der Waals surface area contributed by atoms with E-state index in [1.807, 2.05) is 30.3 Å². The Bertz CT molecular complexity index is 681. The summed E-state index contributed by atoms with van der Waals surface area (Å²) in [6.45, 7) is 2.08. The van der Waals surface area contributed by atoms with Crippen LogP contribution in [0.15, 0.2) is 34.5 Å². The number of anilines is 1. The number of hydrogen-bond donors (Lipinski definition) is 1. The molecule has 5 nitrogen and oxygen atoms in total. The Morgan fingerprint density at radius 1 is 1.30 bits per heavy atom. The molecule has 0 radical (unpaired) electrons. The lowest BCUT2D eigenvalue weighted by Crippen LogP contribution is -2.28. The maximum atomic E-state index is 12.4. The lowest BCUT2D eigenvalue weighted by Gasteiger charge is -2.16. The highest BCUT2D eigenvalue weighted by Gasteiger charge is 2.25. The maximum Gasteiger partial charge on any atom is 0.254 e. The van der Waals surface area contributed by atoms with Crippen molar-refractivity contribution in [2.75, 3.05) is 19.3 Å². The number of aromatic nitrogens is 1. The van der Waals surface area contributed by atoms with E-state index < -0.39 is 10.0 Å². The highest BCUT2D eigenvalue weighted by atomic mass is 32.2. The highest BCUT2D eigenvalue weighted by Crippen LogP contribution is 2.27. The molecule has 0 aliphatic heterocycles. The van der Waals surface area contributed by atoms with Gasteiger partial charge in [-0.15, -0.1) is 0 Å². The van der Waals surface area contributed by atoms with Crippen molar-refractivity contribution >= 4 is 26.5 Å². The van der Waals surface area contributed by atoms with E-state index in [2.05, 4.69) is 4.98 Å². The highest BCUT2D eigenvalue weighted by molar-refractivity contribution is 7.91. The van der Waals surface area contributed by atoms with E-state index in [-0.39, 0.29) is 9.34 Å². The van der Waals surface area contributed by atoms with Crippen LogP contribution >= 0.6 is 11.3 Å². The van der Waals surface area contributed by atoms with Gasteiger partial charge in [-0.2, -0.15) is 4.31 Å². The molecule has 1 aromatic heterocycles. The van der Waals surface area contributed by atoms with Crippen LogP contribution in [0.5, 0.6) is 0 Å². The van der Waals surface area contributed by atoms with Crippen LogP contribution in [0, 0.1) is 6.92 Å². The predicted molar refractivity (Wildman–Crippen MR) is 81.2 cm³/mol. The smallest absolute Gasteiger partial charge is 0.254 e. The van der Waals surface area contributed by atoms with Crippen LogP contribution in [0.4, 0.5) is 5.13 Å². The molecule has 0 atom stereocenters. The van der Waals surface area contributed by atoms with Crippen molar-refractivity contribution in [3.8, 4) is 0 Å². The number of nitrogens with zero attached hydrogens (tertiary/aromatic N) is 2. The van der Waals surface area contributed by atoms with Crippen molar-refractivity contribution in [2.45, 2.75) is 17.6 Å². The summed E-state index contributed by atoms with van der Waals surface area (Å²) >= 11 is 1.01. The third-order valence-electron chi connectivity index (χ3n) is 2.97. The number of thiazole rings is 1. The van der Waals surface area contributed by atoms with Crippen LogP contribution in [0.25, 0.3) is 0 Å². The van der Waals surface area contributed by atoms with E-state index in [0.29, 0.717) is 18.7 Å². The van der Waals surface area contributed by atoms with Crippen LogP contribution in [-0.2, 0) is 16.4 Å². The lowest BCUT2D eigenvalue weighted by atomic mass is 10.2. The van der Waals surface area contributed by atoms with Gasteiger partial charge in [0, 0.05) is 13.6 Å². The quantitative estimate of drug-likeness (QED) is 0.915. The molecule has 0 saturated heterocycles. The summed E-state index contributed by atoms with van der Waals surface area (Å²) in [7, 11) is -1.93. The first-order valence-corrected chi connectivity index (χ1v) is 8.40. The molecule has 0 unspecified atom stereocenters. The predicted octanol–water partition coefficient (Wildman–Crippen LogP) is 1.90. The first-order chi connectivity index (χ1) is 9.41. The zero-order valence-corrected chi connectivity index (χ0v) is 13.0. The van der Waals surface area contributed by atoms with Gasteiger partial charge in [0.1, 0.15) is 0 Å². The summed E-state index contributed by atoms with van der Waals surface area (Å²) < 4.78 is 26.4. The van der Waals surface area contributed by atoms with Crippen molar-refractivity contribution in [2.24, 2.45) is 0 Å². The number of aryl methyl sites for hydroxylation is 1. The molecule has 0 aliphatic carbocycles. The Labute approximate surface area is 123 Å². The van der Waals surface area contributed by atoms with Crippen molar-refractivity contribution in [1.29, 1.82) is 0 Å². The third kappa shape index (κ3) is 3.17. The maximum absolute atomic E-state index is 12.4. The summed E-state index contributed by atoms with van der Waals surface area (Å²) in [6.07, 6.45) is 0.671. The molecule has 0 aliphatic rings. The standard InChI is InChI=1S/C13H17N3O2S2/c1-10-12(19-13(14)15-10)20(17,18)16(2)9-8-11-6-4-3-5-7-11/h3-7H,8-9H2,1-2H3,(H2,14,15). The van der Waals surface area contributed by atoms with Crippen molar-refractivity contribution < 1.29 is 8.42 Å². The Kier molecular flexibility index (Phi) is 4.42. The second kappa shape index (κ2) is 5.90. The van der Waals surface area contributed by atoms with Crippen LogP contribution in [0.3, 0.4) is 0 Å². The minimum Gasteiger partial charge on any atom is -0.375 e. The van der Waals surface area contributed by atoms with E-state index in [0.717, 1.165) is 16.9 Å². The number of nitrogens with two attached hydrogens (primary N) is 1. The number of sulfonamides is 1. The first-order valence-electron chi connectivity index (χ1n) is 6.14. The van der Waals surface area contributed by atoms with Gasteiger partial charge in [-0.1, -0.05) is 41.7 Å². The van der Waals surface area contributed by atoms with Crippen molar-refractivity contribution in [3.63, 3.8) is 0 Å².